The van der Waals surface area contributed by atoms with Crippen LogP contribution in [0.4, 0.5) is 26.3 Å². The molecule has 1 rings (SSSR count). The van der Waals surface area contributed by atoms with E-state index in [0.717, 1.165) is 6.92 Å². The fraction of sp³-hybridized carbons (Fsp3) is 0.625. The Hall–Kier alpha value is -1.25. The molecular weight excluding hydrogens is 256 g/mol. The van der Waals surface area contributed by atoms with Crippen molar-refractivity contribution >= 4 is 5.90 Å². The predicted octanol–water partition coefficient (Wildman–Crippen LogP) is 2.78. The Morgan fingerprint density at radius 2 is 1.71 bits per heavy atom. The van der Waals surface area contributed by atoms with Gasteiger partial charge >= 0.3 is 18.1 Å². The first-order chi connectivity index (χ1) is 7.53. The van der Waals surface area contributed by atoms with Crippen LogP contribution in [0.5, 0.6) is 0 Å². The molecule has 0 fully saturated rings. The van der Waals surface area contributed by atoms with Crippen LogP contribution >= 0.6 is 0 Å². The Bertz CT molecular complexity index is 331. The number of aliphatic imine (C=N–C) groups is 1. The summed E-state index contributed by atoms with van der Waals surface area (Å²) in [6.45, 7) is 3.88. The third-order valence-corrected chi connectivity index (χ3v) is 1.85. The fourth-order valence-electron chi connectivity index (χ4n) is 1.15. The zero-order valence-electron chi connectivity index (χ0n) is 8.39. The number of hydrogen-bond acceptors (Lipinski definition) is 3. The van der Waals surface area contributed by atoms with Gasteiger partial charge in [-0.3, -0.25) is 4.74 Å². The van der Waals surface area contributed by atoms with Crippen molar-refractivity contribution in [3.63, 3.8) is 0 Å². The number of hydrogen-bond donors (Lipinski definition) is 0. The van der Waals surface area contributed by atoms with Gasteiger partial charge in [0.1, 0.15) is 0 Å². The second-order valence-electron chi connectivity index (χ2n) is 3.11. The van der Waals surface area contributed by atoms with Gasteiger partial charge in [-0.15, -0.1) is 0 Å². The molecule has 0 aromatic carbocycles. The Morgan fingerprint density at radius 3 is 2.06 bits per heavy atom. The summed E-state index contributed by atoms with van der Waals surface area (Å²) >= 11 is 0. The molecule has 0 N–H and O–H groups in total. The van der Waals surface area contributed by atoms with Gasteiger partial charge in [-0.2, -0.15) is 26.3 Å². The first kappa shape index (κ1) is 13.8. The smallest absolute Gasteiger partial charge is 0.448 e. The highest BCUT2D eigenvalue weighted by atomic mass is 19.4. The number of ether oxygens (including phenoxy) is 2. The highest BCUT2D eigenvalue weighted by Crippen LogP contribution is 2.49. The molecule has 1 heterocycles. The number of alkyl halides is 6. The summed E-state index contributed by atoms with van der Waals surface area (Å²) in [4.78, 5) is 2.43. The van der Waals surface area contributed by atoms with E-state index in [1.54, 1.807) is 0 Å². The molecule has 98 valence electrons. The van der Waals surface area contributed by atoms with Gasteiger partial charge < -0.3 is 4.74 Å². The monoisotopic (exact) mass is 263 g/mol. The van der Waals surface area contributed by atoms with Crippen molar-refractivity contribution in [2.45, 2.75) is 31.3 Å². The first-order valence-electron chi connectivity index (χ1n) is 4.20. The van der Waals surface area contributed by atoms with E-state index in [1.165, 1.54) is 0 Å². The summed E-state index contributed by atoms with van der Waals surface area (Å²) in [5.74, 6) is -0.782. The van der Waals surface area contributed by atoms with E-state index in [0.29, 0.717) is 6.08 Å². The first-order valence-corrected chi connectivity index (χ1v) is 4.20. The number of nitrogens with zero attached hydrogens (tertiary/aromatic N) is 1. The molecule has 0 aliphatic carbocycles. The molecule has 0 radical (unpaired) electrons. The van der Waals surface area contributed by atoms with Crippen LogP contribution in [0.2, 0.25) is 0 Å². The minimum absolute atomic E-state index is 0.671. The van der Waals surface area contributed by atoms with Crippen LogP contribution in [0.3, 0.4) is 0 Å². The number of halogens is 6. The van der Waals surface area contributed by atoms with Crippen molar-refractivity contribution in [1.29, 1.82) is 0 Å². The van der Waals surface area contributed by atoms with E-state index in [4.69, 9.17) is 0 Å². The second-order valence-corrected chi connectivity index (χ2v) is 3.11. The molecule has 9 heteroatoms. The highest BCUT2D eigenvalue weighted by Gasteiger charge is 2.75. The van der Waals surface area contributed by atoms with Crippen molar-refractivity contribution in [2.24, 2.45) is 4.99 Å². The predicted molar refractivity (Wildman–Crippen MR) is 44.1 cm³/mol. The van der Waals surface area contributed by atoms with Crippen molar-refractivity contribution in [3.8, 4) is 0 Å². The van der Waals surface area contributed by atoms with E-state index in [2.05, 4.69) is 21.0 Å². The third-order valence-electron chi connectivity index (χ3n) is 1.85. The molecule has 0 saturated heterocycles. The van der Waals surface area contributed by atoms with Crippen LogP contribution in [0.1, 0.15) is 6.92 Å². The lowest BCUT2D eigenvalue weighted by molar-refractivity contribution is -0.402. The zero-order chi connectivity index (χ0) is 13.5. The minimum Gasteiger partial charge on any atom is -0.448 e. The Kier molecular flexibility index (Phi) is 3.17. The van der Waals surface area contributed by atoms with Gasteiger partial charge in [0.05, 0.1) is 0 Å². The van der Waals surface area contributed by atoms with E-state index >= 15 is 0 Å². The molecule has 1 aliphatic rings. The largest absolute Gasteiger partial charge is 0.448 e. The highest BCUT2D eigenvalue weighted by molar-refractivity contribution is 5.74. The molecule has 17 heavy (non-hydrogen) atoms. The molecule has 0 aromatic heterocycles. The summed E-state index contributed by atoms with van der Waals surface area (Å²) in [7, 11) is 0. The molecule has 3 nitrogen and oxygen atoms in total. The molecular formula is C8H7F6NO2. The van der Waals surface area contributed by atoms with E-state index in [1.807, 2.05) is 0 Å². The van der Waals surface area contributed by atoms with Crippen molar-refractivity contribution < 1.29 is 35.8 Å². The molecule has 0 aromatic rings. The standard InChI is InChI=1S/C8H7F6NO2/c1-3-5-16-4(2)15-6(17-5,7(9,10)11)8(12,13)14/h3,5H,1H2,2H3. The lowest BCUT2D eigenvalue weighted by Crippen LogP contribution is -2.61. The fourth-order valence-corrected chi connectivity index (χ4v) is 1.15. The molecule has 0 spiro atoms. The summed E-state index contributed by atoms with van der Waals surface area (Å²) in [6.07, 6.45) is -12.7. The van der Waals surface area contributed by atoms with Crippen molar-refractivity contribution in [3.05, 3.63) is 12.7 Å². The van der Waals surface area contributed by atoms with Crippen molar-refractivity contribution in [1.82, 2.24) is 0 Å². The van der Waals surface area contributed by atoms with Crippen LogP contribution < -0.4 is 0 Å². The van der Waals surface area contributed by atoms with Crippen LogP contribution in [-0.2, 0) is 9.47 Å². The van der Waals surface area contributed by atoms with Crippen LogP contribution in [0.25, 0.3) is 0 Å². The Morgan fingerprint density at radius 1 is 1.24 bits per heavy atom. The van der Waals surface area contributed by atoms with Crippen LogP contribution in [-0.4, -0.2) is 30.3 Å². The maximum atomic E-state index is 12.5. The van der Waals surface area contributed by atoms with Gasteiger partial charge in [-0.1, -0.05) is 6.58 Å². The molecule has 1 aliphatic heterocycles. The maximum Gasteiger partial charge on any atom is 0.448 e. The summed E-state index contributed by atoms with van der Waals surface area (Å²) in [6, 6.07) is 0. The average Bonchev–Trinajstić information content (AvgIpc) is 2.13. The summed E-state index contributed by atoms with van der Waals surface area (Å²) in [5, 5.41) is 0. The van der Waals surface area contributed by atoms with Gasteiger partial charge in [-0.25, -0.2) is 4.99 Å². The van der Waals surface area contributed by atoms with Gasteiger partial charge in [0.15, 0.2) is 5.90 Å². The zero-order valence-corrected chi connectivity index (χ0v) is 8.39. The Labute approximate surface area is 91.7 Å². The minimum atomic E-state index is -5.75. The lowest BCUT2D eigenvalue weighted by atomic mass is 10.2. The van der Waals surface area contributed by atoms with E-state index < -0.39 is 30.3 Å². The SMILES string of the molecule is C=CC1OC(C)=NC(C(F)(F)F)(C(F)(F)F)O1. The van der Waals surface area contributed by atoms with Gasteiger partial charge in [0.25, 0.3) is 0 Å². The van der Waals surface area contributed by atoms with Gasteiger partial charge in [0, 0.05) is 6.92 Å². The van der Waals surface area contributed by atoms with Crippen LogP contribution in [0, 0.1) is 0 Å². The molecule has 0 amide bonds. The quantitative estimate of drug-likeness (QED) is 0.538. The number of rotatable bonds is 1. The third kappa shape index (κ3) is 2.24. The molecule has 0 bridgehead atoms. The van der Waals surface area contributed by atoms with Crippen molar-refractivity contribution in [2.75, 3.05) is 0 Å². The van der Waals surface area contributed by atoms with Gasteiger partial charge in [0.2, 0.25) is 6.29 Å². The second kappa shape index (κ2) is 3.90. The maximum absolute atomic E-state index is 12.5. The average molecular weight is 263 g/mol. The molecule has 0 saturated carbocycles. The lowest BCUT2D eigenvalue weighted by Gasteiger charge is -2.38. The van der Waals surface area contributed by atoms with Crippen LogP contribution in [0.15, 0.2) is 17.6 Å². The normalized spacial score (nSPS) is 24.9. The topological polar surface area (TPSA) is 30.8 Å². The van der Waals surface area contributed by atoms with E-state index in [9.17, 15) is 26.3 Å². The summed E-state index contributed by atoms with van der Waals surface area (Å²) < 4.78 is 83.5. The summed E-state index contributed by atoms with van der Waals surface area (Å²) in [5.41, 5.74) is -4.61. The van der Waals surface area contributed by atoms with E-state index in [-0.39, 0.29) is 0 Å². The molecule has 1 unspecified atom stereocenters. The molecule has 1 atom stereocenters. The Balaban J connectivity index is 3.34. The van der Waals surface area contributed by atoms with Gasteiger partial charge in [-0.05, 0) is 6.08 Å².